The number of fused-ring (bicyclic) bond motifs is 1. The van der Waals surface area contributed by atoms with Gasteiger partial charge in [-0.2, -0.15) is 0 Å². The molecule has 1 amide bonds. The van der Waals surface area contributed by atoms with Crippen LogP contribution in [0.4, 0.5) is 0 Å². The minimum Gasteiger partial charge on any atom is -0.383 e. The molecule has 0 bridgehead atoms. The van der Waals surface area contributed by atoms with Gasteiger partial charge in [0.1, 0.15) is 0 Å². The molecule has 1 atom stereocenters. The largest absolute Gasteiger partial charge is 0.383 e. The number of amides is 1. The molecule has 1 aliphatic rings. The van der Waals surface area contributed by atoms with Gasteiger partial charge in [0.15, 0.2) is 11.0 Å². The number of thioether (sulfide) groups is 1. The van der Waals surface area contributed by atoms with E-state index in [0.717, 1.165) is 29.7 Å². The predicted molar refractivity (Wildman–Crippen MR) is 115 cm³/mol. The lowest BCUT2D eigenvalue weighted by Crippen LogP contribution is -2.28. The molecular formula is C20H30N4O2S2. The number of carbonyl (C=O) groups excluding carboxylic acids is 1. The highest BCUT2D eigenvalue weighted by Crippen LogP contribution is 2.42. The minimum absolute atomic E-state index is 0.0218. The summed E-state index contributed by atoms with van der Waals surface area (Å²) in [6.07, 6.45) is 3.56. The molecule has 1 N–H and O–H groups in total. The molecule has 0 aromatic carbocycles. The monoisotopic (exact) mass is 422 g/mol. The average Bonchev–Trinajstić information content (AvgIpc) is 3.21. The zero-order chi connectivity index (χ0) is 20.3. The van der Waals surface area contributed by atoms with Crippen LogP contribution >= 0.6 is 23.1 Å². The Bertz CT molecular complexity index is 823. The minimum atomic E-state index is -0.0218. The van der Waals surface area contributed by atoms with Crippen LogP contribution in [0.15, 0.2) is 11.2 Å². The quantitative estimate of drug-likeness (QED) is 0.546. The lowest BCUT2D eigenvalue weighted by Gasteiger charge is -2.33. The Labute approximate surface area is 175 Å². The second-order valence-electron chi connectivity index (χ2n) is 8.36. The van der Waals surface area contributed by atoms with Crippen molar-refractivity contribution in [2.75, 3.05) is 26.0 Å². The second-order valence-corrected chi connectivity index (χ2v) is 10.4. The molecule has 6 nitrogen and oxygen atoms in total. The van der Waals surface area contributed by atoms with E-state index in [4.69, 9.17) is 4.74 Å². The molecule has 154 valence electrons. The molecule has 1 unspecified atom stereocenters. The van der Waals surface area contributed by atoms with Gasteiger partial charge >= 0.3 is 0 Å². The van der Waals surface area contributed by atoms with Crippen LogP contribution in [0.25, 0.3) is 10.7 Å². The van der Waals surface area contributed by atoms with Crippen molar-refractivity contribution < 1.29 is 9.53 Å². The zero-order valence-electron chi connectivity index (χ0n) is 17.4. The van der Waals surface area contributed by atoms with E-state index in [1.807, 2.05) is 23.0 Å². The third kappa shape index (κ3) is 4.96. The van der Waals surface area contributed by atoms with Crippen LogP contribution in [-0.2, 0) is 29.4 Å². The molecule has 3 rings (SSSR count). The highest BCUT2D eigenvalue weighted by Gasteiger charge is 2.30. The number of hydrogen-bond donors (Lipinski definition) is 1. The molecule has 0 saturated heterocycles. The van der Waals surface area contributed by atoms with Crippen molar-refractivity contribution in [2.24, 2.45) is 18.4 Å². The van der Waals surface area contributed by atoms with Crippen molar-refractivity contribution in [3.63, 3.8) is 0 Å². The summed E-state index contributed by atoms with van der Waals surface area (Å²) in [5, 5.41) is 12.3. The van der Waals surface area contributed by atoms with Crippen molar-refractivity contribution in [1.82, 2.24) is 20.1 Å². The molecule has 0 spiro atoms. The first-order valence-electron chi connectivity index (χ1n) is 9.69. The van der Waals surface area contributed by atoms with Gasteiger partial charge in [0.2, 0.25) is 5.91 Å². The van der Waals surface area contributed by atoms with Crippen LogP contribution < -0.4 is 5.32 Å². The molecule has 28 heavy (non-hydrogen) atoms. The SMILES string of the molecule is COCCNC(=O)CSc1nnc(-c2cc3c(s2)CCC(C(C)(C)C)C3)n1C. The Morgan fingerprint density at radius 3 is 2.93 bits per heavy atom. The molecule has 0 fully saturated rings. The first-order valence-corrected chi connectivity index (χ1v) is 11.5. The van der Waals surface area contributed by atoms with E-state index in [9.17, 15) is 4.79 Å². The summed E-state index contributed by atoms with van der Waals surface area (Å²) in [6.45, 7) is 8.06. The Morgan fingerprint density at radius 1 is 1.43 bits per heavy atom. The van der Waals surface area contributed by atoms with E-state index in [2.05, 4.69) is 42.4 Å². The van der Waals surface area contributed by atoms with E-state index in [0.29, 0.717) is 24.3 Å². The number of nitrogens with zero attached hydrogens (tertiary/aromatic N) is 3. The van der Waals surface area contributed by atoms with E-state index < -0.39 is 0 Å². The first-order chi connectivity index (χ1) is 13.3. The van der Waals surface area contributed by atoms with Gasteiger partial charge in [0, 0.05) is 25.6 Å². The van der Waals surface area contributed by atoms with Crippen LogP contribution in [0, 0.1) is 11.3 Å². The Kier molecular flexibility index (Phi) is 6.83. The van der Waals surface area contributed by atoms with Crippen molar-refractivity contribution >= 4 is 29.0 Å². The molecule has 0 radical (unpaired) electrons. The summed E-state index contributed by atoms with van der Waals surface area (Å²) in [4.78, 5) is 14.5. The fraction of sp³-hybridized carbons (Fsp3) is 0.650. The van der Waals surface area contributed by atoms with Crippen molar-refractivity contribution in [2.45, 2.75) is 45.2 Å². The number of aryl methyl sites for hydroxylation is 1. The number of aromatic nitrogens is 3. The van der Waals surface area contributed by atoms with Gasteiger partial charge in [-0.15, -0.1) is 21.5 Å². The number of methoxy groups -OCH3 is 1. The highest BCUT2D eigenvalue weighted by molar-refractivity contribution is 7.99. The highest BCUT2D eigenvalue weighted by atomic mass is 32.2. The van der Waals surface area contributed by atoms with Crippen molar-refractivity contribution in [3.8, 4) is 10.7 Å². The third-order valence-corrected chi connectivity index (χ3v) is 7.58. The van der Waals surface area contributed by atoms with Gasteiger partial charge in [0.25, 0.3) is 0 Å². The summed E-state index contributed by atoms with van der Waals surface area (Å²) in [7, 11) is 3.59. The van der Waals surface area contributed by atoms with Crippen LogP contribution in [0.1, 0.15) is 37.6 Å². The fourth-order valence-corrected chi connectivity index (χ4v) is 5.47. The lowest BCUT2D eigenvalue weighted by molar-refractivity contribution is -0.118. The standard InChI is InChI=1S/C20H30N4O2S2/c1-20(2,3)14-6-7-15-13(10-14)11-16(28-15)18-22-23-19(24(18)4)27-12-17(25)21-8-9-26-5/h11,14H,6-10,12H2,1-5H3,(H,21,25). The molecule has 8 heteroatoms. The second kappa shape index (κ2) is 8.97. The maximum Gasteiger partial charge on any atom is 0.230 e. The maximum atomic E-state index is 11.9. The zero-order valence-corrected chi connectivity index (χ0v) is 19.0. The first kappa shape index (κ1) is 21.3. The number of nitrogens with one attached hydrogen (secondary N) is 1. The number of hydrogen-bond acceptors (Lipinski definition) is 6. The normalized spacial score (nSPS) is 16.8. The smallest absolute Gasteiger partial charge is 0.230 e. The van der Waals surface area contributed by atoms with Crippen LogP contribution in [0.3, 0.4) is 0 Å². The Hall–Kier alpha value is -1.38. The van der Waals surface area contributed by atoms with Crippen molar-refractivity contribution in [1.29, 1.82) is 0 Å². The number of carbonyl (C=O) groups is 1. The van der Waals surface area contributed by atoms with Gasteiger partial charge < -0.3 is 14.6 Å². The van der Waals surface area contributed by atoms with Crippen LogP contribution in [-0.4, -0.2) is 46.7 Å². The van der Waals surface area contributed by atoms with Gasteiger partial charge in [-0.25, -0.2) is 0 Å². The average molecular weight is 423 g/mol. The molecule has 2 aromatic rings. The number of rotatable bonds is 7. The molecule has 0 aliphatic heterocycles. The van der Waals surface area contributed by atoms with E-state index in [1.54, 1.807) is 7.11 Å². The molecule has 1 aliphatic carbocycles. The molecule has 0 saturated carbocycles. The summed E-state index contributed by atoms with van der Waals surface area (Å²) in [6, 6.07) is 2.30. The van der Waals surface area contributed by atoms with Gasteiger partial charge in [0.05, 0.1) is 17.2 Å². The Balaban J connectivity index is 1.66. The van der Waals surface area contributed by atoms with Gasteiger partial charge in [-0.05, 0) is 42.2 Å². The predicted octanol–water partition coefficient (Wildman–Crippen LogP) is 3.55. The Morgan fingerprint density at radius 2 is 2.21 bits per heavy atom. The number of ether oxygens (including phenoxy) is 1. The summed E-state index contributed by atoms with van der Waals surface area (Å²) in [5.41, 5.74) is 1.82. The van der Waals surface area contributed by atoms with E-state index in [1.165, 1.54) is 33.5 Å². The third-order valence-electron chi connectivity index (χ3n) is 5.32. The maximum absolute atomic E-state index is 11.9. The van der Waals surface area contributed by atoms with E-state index in [-0.39, 0.29) is 5.91 Å². The summed E-state index contributed by atoms with van der Waals surface area (Å²) < 4.78 is 6.93. The summed E-state index contributed by atoms with van der Waals surface area (Å²) in [5.74, 6) is 1.91. The lowest BCUT2D eigenvalue weighted by atomic mass is 9.72. The van der Waals surface area contributed by atoms with Crippen LogP contribution in [0.2, 0.25) is 0 Å². The van der Waals surface area contributed by atoms with Gasteiger partial charge in [-0.3, -0.25) is 4.79 Å². The topological polar surface area (TPSA) is 69.0 Å². The summed E-state index contributed by atoms with van der Waals surface area (Å²) >= 11 is 3.25. The molecule has 2 heterocycles. The molecular weight excluding hydrogens is 392 g/mol. The van der Waals surface area contributed by atoms with Gasteiger partial charge in [-0.1, -0.05) is 32.5 Å². The number of thiophene rings is 1. The molecule has 2 aromatic heterocycles. The van der Waals surface area contributed by atoms with Crippen molar-refractivity contribution in [3.05, 3.63) is 16.5 Å². The fourth-order valence-electron chi connectivity index (χ4n) is 3.50. The van der Waals surface area contributed by atoms with E-state index >= 15 is 0 Å². The van der Waals surface area contributed by atoms with Crippen LogP contribution in [0.5, 0.6) is 0 Å².